The summed E-state index contributed by atoms with van der Waals surface area (Å²) in [5.74, 6) is 0.310. The largest absolute Gasteiger partial charge is 0.508 e. The molecule has 0 aromatic heterocycles. The van der Waals surface area contributed by atoms with Crippen molar-refractivity contribution in [1.29, 1.82) is 0 Å². The number of nitrogens with zero attached hydrogens (tertiary/aromatic N) is 1. The molecule has 2 aromatic rings. The fourth-order valence-electron chi connectivity index (χ4n) is 2.65. The van der Waals surface area contributed by atoms with Gasteiger partial charge in [0.25, 0.3) is 0 Å². The Hall–Kier alpha value is -2.00. The molecule has 0 saturated carbocycles. The maximum atomic E-state index is 9.32. The van der Waals surface area contributed by atoms with E-state index in [1.165, 1.54) is 16.8 Å². The Balaban J connectivity index is 1.86. The molecular formula is C16H18N2O. The van der Waals surface area contributed by atoms with Crippen LogP contribution in [0.2, 0.25) is 0 Å². The minimum atomic E-state index is 0.146. The number of rotatable bonds is 2. The molecule has 1 aliphatic rings. The summed E-state index contributed by atoms with van der Waals surface area (Å²) in [5.41, 5.74) is 9.82. The molecule has 3 N–H and O–H groups in total. The molecule has 98 valence electrons. The maximum Gasteiger partial charge on any atom is 0.115 e. The predicted octanol–water partition coefficient (Wildman–Crippen LogP) is 2.80. The van der Waals surface area contributed by atoms with Crippen LogP contribution in [0, 0.1) is 0 Å². The average molecular weight is 254 g/mol. The molecule has 0 amide bonds. The lowest BCUT2D eigenvalue weighted by Crippen LogP contribution is -2.33. The zero-order valence-corrected chi connectivity index (χ0v) is 10.8. The highest BCUT2D eigenvalue weighted by Crippen LogP contribution is 2.33. The minimum absolute atomic E-state index is 0.146. The van der Waals surface area contributed by atoms with Crippen LogP contribution in [0.4, 0.5) is 5.69 Å². The summed E-state index contributed by atoms with van der Waals surface area (Å²) in [7, 11) is 0. The van der Waals surface area contributed by atoms with E-state index in [0.29, 0.717) is 5.75 Å². The molecular weight excluding hydrogens is 236 g/mol. The number of aromatic hydroxyl groups is 1. The van der Waals surface area contributed by atoms with Crippen molar-refractivity contribution in [2.75, 3.05) is 11.4 Å². The highest BCUT2D eigenvalue weighted by molar-refractivity contribution is 5.57. The van der Waals surface area contributed by atoms with E-state index in [-0.39, 0.29) is 6.04 Å². The second-order valence-electron chi connectivity index (χ2n) is 5.04. The van der Waals surface area contributed by atoms with Gasteiger partial charge < -0.3 is 15.7 Å². The van der Waals surface area contributed by atoms with Gasteiger partial charge in [0.05, 0.1) is 0 Å². The molecule has 3 nitrogen and oxygen atoms in total. The Morgan fingerprint density at radius 2 is 1.84 bits per heavy atom. The molecule has 0 radical (unpaired) electrons. The normalized spacial score (nSPS) is 18.2. The Kier molecular flexibility index (Phi) is 3.13. The zero-order valence-electron chi connectivity index (χ0n) is 10.8. The first-order valence-electron chi connectivity index (χ1n) is 6.61. The molecule has 0 fully saturated rings. The van der Waals surface area contributed by atoms with Crippen LogP contribution in [0.5, 0.6) is 5.75 Å². The van der Waals surface area contributed by atoms with Crippen molar-refractivity contribution in [2.45, 2.75) is 19.0 Å². The van der Waals surface area contributed by atoms with E-state index in [9.17, 15) is 5.11 Å². The third-order valence-corrected chi connectivity index (χ3v) is 3.70. The van der Waals surface area contributed by atoms with Crippen LogP contribution in [0.3, 0.4) is 0 Å². The Labute approximate surface area is 113 Å². The van der Waals surface area contributed by atoms with Gasteiger partial charge in [-0.05, 0) is 35.7 Å². The number of anilines is 1. The fraction of sp³-hybridized carbons (Fsp3) is 0.250. The summed E-state index contributed by atoms with van der Waals surface area (Å²) in [6, 6.07) is 15.9. The van der Waals surface area contributed by atoms with Crippen molar-refractivity contribution in [3.63, 3.8) is 0 Å². The monoisotopic (exact) mass is 254 g/mol. The van der Waals surface area contributed by atoms with Gasteiger partial charge in [0, 0.05) is 24.8 Å². The van der Waals surface area contributed by atoms with Crippen LogP contribution in [-0.4, -0.2) is 11.7 Å². The standard InChI is InChI=1S/C16H18N2O/c17-15-9-10-18(16-4-2-1-3-14(15)16)11-12-5-7-13(19)8-6-12/h1-8,15,19H,9-11,17H2. The first-order chi connectivity index (χ1) is 9.24. The van der Waals surface area contributed by atoms with E-state index >= 15 is 0 Å². The molecule has 2 aromatic carbocycles. The third kappa shape index (κ3) is 2.42. The average Bonchev–Trinajstić information content (AvgIpc) is 2.45. The van der Waals surface area contributed by atoms with E-state index in [0.717, 1.165) is 19.5 Å². The molecule has 0 aliphatic carbocycles. The summed E-state index contributed by atoms with van der Waals surface area (Å²) in [6.45, 7) is 1.82. The number of fused-ring (bicyclic) bond motifs is 1. The van der Waals surface area contributed by atoms with E-state index in [2.05, 4.69) is 23.1 Å². The van der Waals surface area contributed by atoms with Crippen molar-refractivity contribution in [3.8, 4) is 5.75 Å². The van der Waals surface area contributed by atoms with Crippen LogP contribution < -0.4 is 10.6 Å². The van der Waals surface area contributed by atoms with Gasteiger partial charge in [-0.2, -0.15) is 0 Å². The number of hydrogen-bond donors (Lipinski definition) is 2. The Morgan fingerprint density at radius 3 is 2.63 bits per heavy atom. The molecule has 0 saturated heterocycles. The molecule has 1 unspecified atom stereocenters. The molecule has 1 heterocycles. The van der Waals surface area contributed by atoms with Gasteiger partial charge in [0.2, 0.25) is 0 Å². The topological polar surface area (TPSA) is 49.5 Å². The third-order valence-electron chi connectivity index (χ3n) is 3.70. The van der Waals surface area contributed by atoms with Crippen molar-refractivity contribution in [3.05, 3.63) is 59.7 Å². The van der Waals surface area contributed by atoms with Crippen molar-refractivity contribution < 1.29 is 5.11 Å². The quantitative estimate of drug-likeness (QED) is 0.866. The van der Waals surface area contributed by atoms with Crippen LogP contribution in [0.1, 0.15) is 23.6 Å². The second kappa shape index (κ2) is 4.94. The van der Waals surface area contributed by atoms with Gasteiger partial charge in [0.15, 0.2) is 0 Å². The van der Waals surface area contributed by atoms with E-state index < -0.39 is 0 Å². The Morgan fingerprint density at radius 1 is 1.11 bits per heavy atom. The molecule has 0 spiro atoms. The molecule has 3 heteroatoms. The van der Waals surface area contributed by atoms with Crippen molar-refractivity contribution in [2.24, 2.45) is 5.73 Å². The number of hydrogen-bond acceptors (Lipinski definition) is 3. The van der Waals surface area contributed by atoms with Gasteiger partial charge in [-0.25, -0.2) is 0 Å². The van der Waals surface area contributed by atoms with Gasteiger partial charge in [-0.15, -0.1) is 0 Å². The predicted molar refractivity (Wildman–Crippen MR) is 77.1 cm³/mol. The second-order valence-corrected chi connectivity index (χ2v) is 5.04. The fourth-order valence-corrected chi connectivity index (χ4v) is 2.65. The molecule has 1 aliphatic heterocycles. The molecule has 0 bridgehead atoms. The van der Waals surface area contributed by atoms with Gasteiger partial charge in [-0.1, -0.05) is 30.3 Å². The highest BCUT2D eigenvalue weighted by atomic mass is 16.3. The summed E-state index contributed by atoms with van der Waals surface area (Å²) in [4.78, 5) is 2.35. The lowest BCUT2D eigenvalue weighted by Gasteiger charge is -2.34. The first kappa shape index (κ1) is 12.1. The highest BCUT2D eigenvalue weighted by Gasteiger charge is 2.21. The Bertz CT molecular complexity index is 565. The SMILES string of the molecule is NC1CCN(Cc2ccc(O)cc2)c2ccccc21. The summed E-state index contributed by atoms with van der Waals surface area (Å²) >= 11 is 0. The van der Waals surface area contributed by atoms with Gasteiger partial charge >= 0.3 is 0 Å². The van der Waals surface area contributed by atoms with E-state index in [4.69, 9.17) is 5.73 Å². The molecule has 3 rings (SSSR count). The van der Waals surface area contributed by atoms with E-state index in [1.54, 1.807) is 12.1 Å². The lowest BCUT2D eigenvalue weighted by atomic mass is 9.97. The smallest absolute Gasteiger partial charge is 0.115 e. The summed E-state index contributed by atoms with van der Waals surface area (Å²) in [5, 5.41) is 9.32. The number of phenolic OH excluding ortho intramolecular Hbond substituents is 1. The van der Waals surface area contributed by atoms with Gasteiger partial charge in [0.1, 0.15) is 5.75 Å². The van der Waals surface area contributed by atoms with Gasteiger partial charge in [-0.3, -0.25) is 0 Å². The van der Waals surface area contributed by atoms with Crippen molar-refractivity contribution in [1.82, 2.24) is 0 Å². The minimum Gasteiger partial charge on any atom is -0.508 e. The van der Waals surface area contributed by atoms with Crippen LogP contribution >= 0.6 is 0 Å². The summed E-state index contributed by atoms with van der Waals surface area (Å²) < 4.78 is 0. The van der Waals surface area contributed by atoms with Crippen molar-refractivity contribution >= 4 is 5.69 Å². The van der Waals surface area contributed by atoms with Crippen LogP contribution in [-0.2, 0) is 6.54 Å². The first-order valence-corrected chi connectivity index (χ1v) is 6.61. The molecule has 1 atom stereocenters. The number of para-hydroxylation sites is 1. The van der Waals surface area contributed by atoms with E-state index in [1.807, 2.05) is 18.2 Å². The number of benzene rings is 2. The number of phenols is 1. The zero-order chi connectivity index (χ0) is 13.2. The van der Waals surface area contributed by atoms with Crippen LogP contribution in [0.25, 0.3) is 0 Å². The lowest BCUT2D eigenvalue weighted by molar-refractivity contribution is 0.475. The van der Waals surface area contributed by atoms with Crippen LogP contribution in [0.15, 0.2) is 48.5 Å². The maximum absolute atomic E-state index is 9.32. The summed E-state index contributed by atoms with van der Waals surface area (Å²) in [6.07, 6.45) is 0.981. The number of nitrogens with two attached hydrogens (primary N) is 1. The molecule has 19 heavy (non-hydrogen) atoms.